The van der Waals surface area contributed by atoms with E-state index in [1.54, 1.807) is 6.33 Å². The van der Waals surface area contributed by atoms with E-state index < -0.39 is 0 Å². The Bertz CT molecular complexity index is 705. The van der Waals surface area contributed by atoms with Crippen molar-refractivity contribution in [2.45, 2.75) is 18.9 Å². The summed E-state index contributed by atoms with van der Waals surface area (Å²) in [6.45, 7) is 2.17. The van der Waals surface area contributed by atoms with Crippen molar-refractivity contribution in [1.82, 2.24) is 19.5 Å². The number of aliphatic hydroxyl groups excluding tert-OH is 1. The number of hydrogen-bond acceptors (Lipinski definition) is 6. The van der Waals surface area contributed by atoms with Crippen LogP contribution in [0.4, 0.5) is 11.8 Å². The zero-order valence-corrected chi connectivity index (χ0v) is 11.7. The molecule has 1 aliphatic carbocycles. The second-order valence-electron chi connectivity index (χ2n) is 5.70. The average molecular weight is 286 g/mol. The highest BCUT2D eigenvalue weighted by Gasteiger charge is 2.25. The van der Waals surface area contributed by atoms with Gasteiger partial charge < -0.3 is 20.3 Å². The molecule has 2 atom stereocenters. The first-order valence-electron chi connectivity index (χ1n) is 7.30. The fourth-order valence-electron chi connectivity index (χ4n) is 3.00. The maximum absolute atomic E-state index is 9.27. The Morgan fingerprint density at radius 3 is 2.81 bits per heavy atom. The minimum absolute atomic E-state index is 0.172. The minimum Gasteiger partial charge on any atom is -0.396 e. The van der Waals surface area contributed by atoms with Crippen LogP contribution in [-0.4, -0.2) is 44.3 Å². The van der Waals surface area contributed by atoms with Crippen molar-refractivity contribution >= 4 is 22.9 Å². The normalized spacial score (nSPS) is 24.7. The average Bonchev–Trinajstić information content (AvgIpc) is 3.01. The Balaban J connectivity index is 1.77. The van der Waals surface area contributed by atoms with Gasteiger partial charge in [-0.15, -0.1) is 0 Å². The predicted molar refractivity (Wildman–Crippen MR) is 79.9 cm³/mol. The molecule has 110 valence electrons. The minimum atomic E-state index is 0.172. The van der Waals surface area contributed by atoms with Crippen molar-refractivity contribution in [3.63, 3.8) is 0 Å². The van der Waals surface area contributed by atoms with Gasteiger partial charge >= 0.3 is 0 Å². The van der Waals surface area contributed by atoms with E-state index in [4.69, 9.17) is 5.73 Å². The highest BCUT2D eigenvalue weighted by atomic mass is 16.3. The summed E-state index contributed by atoms with van der Waals surface area (Å²) in [6.07, 6.45) is 8.00. The van der Waals surface area contributed by atoms with Gasteiger partial charge in [0.1, 0.15) is 0 Å². The van der Waals surface area contributed by atoms with Gasteiger partial charge in [0.05, 0.1) is 12.4 Å². The van der Waals surface area contributed by atoms with E-state index in [9.17, 15) is 5.11 Å². The van der Waals surface area contributed by atoms with E-state index in [1.807, 2.05) is 4.57 Å². The van der Waals surface area contributed by atoms with Crippen LogP contribution in [0.1, 0.15) is 18.9 Å². The Hall–Kier alpha value is -2.15. The van der Waals surface area contributed by atoms with E-state index in [-0.39, 0.29) is 24.5 Å². The van der Waals surface area contributed by atoms with Gasteiger partial charge in [-0.1, -0.05) is 12.2 Å². The second kappa shape index (κ2) is 4.70. The Kier molecular flexibility index (Phi) is 2.81. The van der Waals surface area contributed by atoms with Crippen LogP contribution in [0.15, 0.2) is 18.5 Å². The SMILES string of the molecule is Nc1nc(N2CCC2)c2ncn([C@H]3C=C[C@@H](CO)C3)c2n1. The van der Waals surface area contributed by atoms with Gasteiger partial charge in [-0.05, 0) is 12.8 Å². The number of imidazole rings is 1. The zero-order valence-electron chi connectivity index (χ0n) is 11.7. The molecule has 0 spiro atoms. The maximum atomic E-state index is 9.27. The van der Waals surface area contributed by atoms with Crippen molar-refractivity contribution in [2.75, 3.05) is 30.3 Å². The third kappa shape index (κ3) is 1.96. The lowest BCUT2D eigenvalue weighted by Gasteiger charge is -2.32. The van der Waals surface area contributed by atoms with Crippen LogP contribution in [0.3, 0.4) is 0 Å². The number of allylic oxidation sites excluding steroid dienone is 1. The van der Waals surface area contributed by atoms with Crippen LogP contribution in [0.5, 0.6) is 0 Å². The standard InChI is InChI=1S/C14H18N6O/c15-14-17-12(19-4-1-5-19)11-13(18-14)20(8-16-11)10-3-2-9(6-10)7-21/h2-3,8-10,21H,1,4-7H2,(H2,15,17,18)/t9-,10+/m1/s1. The number of aromatic nitrogens is 4. The molecule has 1 fully saturated rings. The van der Waals surface area contributed by atoms with E-state index in [0.29, 0.717) is 0 Å². The van der Waals surface area contributed by atoms with Crippen LogP contribution >= 0.6 is 0 Å². The summed E-state index contributed by atoms with van der Waals surface area (Å²) in [5.41, 5.74) is 7.46. The molecule has 4 rings (SSSR count). The molecule has 1 aliphatic heterocycles. The van der Waals surface area contributed by atoms with Gasteiger partial charge in [-0.3, -0.25) is 0 Å². The summed E-state index contributed by atoms with van der Waals surface area (Å²) in [7, 11) is 0. The lowest BCUT2D eigenvalue weighted by atomic mass is 10.1. The first-order valence-corrected chi connectivity index (χ1v) is 7.30. The second-order valence-corrected chi connectivity index (χ2v) is 5.70. The lowest BCUT2D eigenvalue weighted by molar-refractivity contribution is 0.244. The molecule has 0 unspecified atom stereocenters. The van der Waals surface area contributed by atoms with Crippen molar-refractivity contribution in [3.8, 4) is 0 Å². The van der Waals surface area contributed by atoms with Crippen LogP contribution in [-0.2, 0) is 0 Å². The van der Waals surface area contributed by atoms with E-state index in [1.165, 1.54) is 6.42 Å². The summed E-state index contributed by atoms with van der Waals surface area (Å²) in [4.78, 5) is 15.4. The Morgan fingerprint density at radius 2 is 2.14 bits per heavy atom. The largest absolute Gasteiger partial charge is 0.396 e. The molecule has 0 bridgehead atoms. The lowest BCUT2D eigenvalue weighted by Crippen LogP contribution is -2.38. The summed E-state index contributed by atoms with van der Waals surface area (Å²) < 4.78 is 2.03. The van der Waals surface area contributed by atoms with Crippen LogP contribution < -0.4 is 10.6 Å². The number of nitrogens with zero attached hydrogens (tertiary/aromatic N) is 5. The molecule has 3 heterocycles. The van der Waals surface area contributed by atoms with Gasteiger partial charge in [0, 0.05) is 25.6 Å². The maximum Gasteiger partial charge on any atom is 0.224 e. The van der Waals surface area contributed by atoms with Crippen LogP contribution in [0.2, 0.25) is 0 Å². The summed E-state index contributed by atoms with van der Waals surface area (Å²) in [5, 5.41) is 9.27. The Morgan fingerprint density at radius 1 is 1.29 bits per heavy atom. The third-order valence-electron chi connectivity index (χ3n) is 4.32. The molecule has 7 nitrogen and oxygen atoms in total. The van der Waals surface area contributed by atoms with Crippen LogP contribution in [0.25, 0.3) is 11.2 Å². The summed E-state index contributed by atoms with van der Waals surface area (Å²) in [5.74, 6) is 1.33. The molecule has 0 aromatic carbocycles. The van der Waals surface area contributed by atoms with Crippen molar-refractivity contribution in [3.05, 3.63) is 18.5 Å². The molecule has 2 aromatic rings. The van der Waals surface area contributed by atoms with E-state index in [2.05, 4.69) is 32.0 Å². The van der Waals surface area contributed by atoms with Crippen molar-refractivity contribution in [2.24, 2.45) is 5.92 Å². The molecule has 0 radical (unpaired) electrons. The van der Waals surface area contributed by atoms with E-state index >= 15 is 0 Å². The third-order valence-corrected chi connectivity index (χ3v) is 4.32. The Labute approximate surface area is 122 Å². The molecule has 21 heavy (non-hydrogen) atoms. The molecule has 3 N–H and O–H groups in total. The monoisotopic (exact) mass is 286 g/mol. The van der Waals surface area contributed by atoms with Crippen molar-refractivity contribution < 1.29 is 5.11 Å². The first kappa shape index (κ1) is 12.6. The molecule has 0 saturated carbocycles. The molecule has 0 amide bonds. The molecular weight excluding hydrogens is 268 g/mol. The van der Waals surface area contributed by atoms with Gasteiger partial charge in [0.2, 0.25) is 5.95 Å². The van der Waals surface area contributed by atoms with Crippen molar-refractivity contribution in [1.29, 1.82) is 0 Å². The number of nitrogen functional groups attached to an aromatic ring is 1. The molecule has 2 aromatic heterocycles. The smallest absolute Gasteiger partial charge is 0.224 e. The highest BCUT2D eigenvalue weighted by molar-refractivity contribution is 5.85. The topological polar surface area (TPSA) is 93.1 Å². The number of anilines is 2. The number of aliphatic hydroxyl groups is 1. The number of hydrogen-bond donors (Lipinski definition) is 2. The number of nitrogens with two attached hydrogens (primary N) is 1. The summed E-state index contributed by atoms with van der Waals surface area (Å²) in [6, 6.07) is 0.172. The van der Waals surface area contributed by atoms with Gasteiger partial charge in [-0.2, -0.15) is 9.97 Å². The van der Waals surface area contributed by atoms with Gasteiger partial charge in [-0.25, -0.2) is 4.98 Å². The van der Waals surface area contributed by atoms with Gasteiger partial charge in [0.25, 0.3) is 0 Å². The summed E-state index contributed by atoms with van der Waals surface area (Å²) >= 11 is 0. The van der Waals surface area contributed by atoms with E-state index in [0.717, 1.165) is 36.5 Å². The zero-order chi connectivity index (χ0) is 14.4. The molecular formula is C14H18N6O. The molecule has 2 aliphatic rings. The molecule has 7 heteroatoms. The quantitative estimate of drug-likeness (QED) is 0.808. The fourth-order valence-corrected chi connectivity index (χ4v) is 3.00. The number of rotatable bonds is 3. The molecule has 1 saturated heterocycles. The van der Waals surface area contributed by atoms with Crippen LogP contribution in [0, 0.1) is 5.92 Å². The first-order chi connectivity index (χ1) is 10.3. The number of fused-ring (bicyclic) bond motifs is 1. The van der Waals surface area contributed by atoms with Gasteiger partial charge in [0.15, 0.2) is 17.0 Å². The fraction of sp³-hybridized carbons (Fsp3) is 0.500. The highest BCUT2D eigenvalue weighted by Crippen LogP contribution is 2.32. The predicted octanol–water partition coefficient (Wildman–Crippen LogP) is 0.728.